The Bertz CT molecular complexity index is 1120. The Morgan fingerprint density at radius 3 is 2.71 bits per heavy atom. The molecule has 2 aromatic heterocycles. The molecule has 0 saturated heterocycles. The van der Waals surface area contributed by atoms with Crippen molar-refractivity contribution >= 4 is 35.3 Å². The zero-order valence-electron chi connectivity index (χ0n) is 16.4. The number of nitrogens with one attached hydrogen (secondary N) is 3. The molecule has 0 fully saturated rings. The zero-order chi connectivity index (χ0) is 23.0. The molecule has 0 aromatic carbocycles. The first kappa shape index (κ1) is 22.9. The Hall–Kier alpha value is -4.35. The number of carboxylic acid groups (broad SMARTS) is 1. The van der Waals surface area contributed by atoms with Gasteiger partial charge in [0.05, 0.1) is 18.4 Å². The molecule has 2 heterocycles. The highest BCUT2D eigenvalue weighted by atomic mass is 16.4. The standard InChI is InChI=1S/C19H21N7O5/c1-10(16(28)24-13(18(30)31)4-3-7-27)5-6-11(2)21-8-12-9-22-15-14(23-12)17(29)26-19(20)25-15/h5-7,9,13,21H,1-4,8H2,(H,24,28)(H,30,31)(H3,20,22,25,26,29)/b6-5-. The second-order valence-electron chi connectivity index (χ2n) is 6.33. The van der Waals surface area contributed by atoms with Crippen LogP contribution in [0.15, 0.2) is 47.6 Å². The van der Waals surface area contributed by atoms with E-state index in [1.165, 1.54) is 18.3 Å². The molecule has 1 amide bonds. The van der Waals surface area contributed by atoms with E-state index in [0.717, 1.165) is 0 Å². The van der Waals surface area contributed by atoms with E-state index in [4.69, 9.17) is 10.8 Å². The van der Waals surface area contributed by atoms with Crippen LogP contribution in [0.1, 0.15) is 18.5 Å². The molecular formula is C19H21N7O5. The van der Waals surface area contributed by atoms with Crippen LogP contribution in [0.4, 0.5) is 5.95 Å². The molecule has 1 atom stereocenters. The lowest BCUT2D eigenvalue weighted by Crippen LogP contribution is -2.41. The molecule has 0 spiro atoms. The fourth-order valence-corrected chi connectivity index (χ4v) is 2.34. The minimum atomic E-state index is -1.24. The summed E-state index contributed by atoms with van der Waals surface area (Å²) in [6.07, 6.45) is 4.81. The summed E-state index contributed by atoms with van der Waals surface area (Å²) in [6.45, 7) is 7.54. The highest BCUT2D eigenvalue weighted by molar-refractivity contribution is 5.97. The molecule has 2 rings (SSSR count). The van der Waals surface area contributed by atoms with Crippen molar-refractivity contribution in [3.63, 3.8) is 0 Å². The van der Waals surface area contributed by atoms with E-state index in [2.05, 4.69) is 43.7 Å². The predicted octanol–water partition coefficient (Wildman–Crippen LogP) is -0.440. The van der Waals surface area contributed by atoms with Gasteiger partial charge in [-0.2, -0.15) is 4.98 Å². The van der Waals surface area contributed by atoms with Crippen molar-refractivity contribution < 1.29 is 19.5 Å². The highest BCUT2D eigenvalue weighted by Gasteiger charge is 2.19. The molecular weight excluding hydrogens is 406 g/mol. The topological polar surface area (TPSA) is 193 Å². The fraction of sp³-hybridized carbons (Fsp3) is 0.211. The van der Waals surface area contributed by atoms with E-state index in [1.807, 2.05) is 0 Å². The number of aromatic amines is 1. The van der Waals surface area contributed by atoms with E-state index in [9.17, 15) is 19.2 Å². The van der Waals surface area contributed by atoms with Gasteiger partial charge in [-0.15, -0.1) is 0 Å². The summed E-state index contributed by atoms with van der Waals surface area (Å²) in [6, 6.07) is -1.19. The molecule has 1 unspecified atom stereocenters. The number of aromatic nitrogens is 4. The largest absolute Gasteiger partial charge is 0.480 e. The van der Waals surface area contributed by atoms with Gasteiger partial charge in [0.2, 0.25) is 5.95 Å². The van der Waals surface area contributed by atoms with Gasteiger partial charge in [-0.25, -0.2) is 14.8 Å². The van der Waals surface area contributed by atoms with Gasteiger partial charge in [0, 0.05) is 17.7 Å². The Morgan fingerprint density at radius 1 is 1.29 bits per heavy atom. The number of hydrogen-bond donors (Lipinski definition) is 5. The van der Waals surface area contributed by atoms with Crippen molar-refractivity contribution in [3.8, 4) is 0 Å². The Balaban J connectivity index is 1.93. The number of amides is 1. The van der Waals surface area contributed by atoms with Crippen LogP contribution in [-0.4, -0.2) is 49.2 Å². The Morgan fingerprint density at radius 2 is 2.03 bits per heavy atom. The van der Waals surface area contributed by atoms with E-state index in [1.54, 1.807) is 0 Å². The van der Waals surface area contributed by atoms with Crippen LogP contribution in [0.3, 0.4) is 0 Å². The average molecular weight is 427 g/mol. The summed E-state index contributed by atoms with van der Waals surface area (Å²) in [5.74, 6) is -1.99. The molecule has 0 aliphatic rings. The highest BCUT2D eigenvalue weighted by Crippen LogP contribution is 2.05. The van der Waals surface area contributed by atoms with Gasteiger partial charge < -0.3 is 26.3 Å². The lowest BCUT2D eigenvalue weighted by Gasteiger charge is -2.13. The first-order chi connectivity index (χ1) is 14.7. The van der Waals surface area contributed by atoms with Crippen LogP contribution >= 0.6 is 0 Å². The predicted molar refractivity (Wildman–Crippen MR) is 111 cm³/mol. The van der Waals surface area contributed by atoms with E-state index in [-0.39, 0.29) is 42.1 Å². The van der Waals surface area contributed by atoms with Gasteiger partial charge in [0.1, 0.15) is 12.3 Å². The van der Waals surface area contributed by atoms with Crippen LogP contribution in [0.5, 0.6) is 0 Å². The van der Waals surface area contributed by atoms with Gasteiger partial charge in [0.15, 0.2) is 11.2 Å². The molecule has 0 aliphatic carbocycles. The second kappa shape index (κ2) is 10.4. The lowest BCUT2D eigenvalue weighted by atomic mass is 10.1. The van der Waals surface area contributed by atoms with Crippen molar-refractivity contribution in [1.29, 1.82) is 0 Å². The molecule has 12 nitrogen and oxygen atoms in total. The van der Waals surface area contributed by atoms with Gasteiger partial charge in [0.25, 0.3) is 11.5 Å². The number of carbonyl (C=O) groups is 3. The molecule has 0 aliphatic heterocycles. The molecule has 6 N–H and O–H groups in total. The molecule has 0 radical (unpaired) electrons. The van der Waals surface area contributed by atoms with Crippen LogP contribution < -0.4 is 21.9 Å². The first-order valence-electron chi connectivity index (χ1n) is 8.99. The van der Waals surface area contributed by atoms with Gasteiger partial charge in [-0.1, -0.05) is 13.2 Å². The SMILES string of the molecule is C=C(/C=C\C(=C)C(=O)NC(CCC=O)C(=O)O)NCc1cnc2nc(N)[nH]c(=O)c2n1. The van der Waals surface area contributed by atoms with Gasteiger partial charge in [-0.05, 0) is 18.6 Å². The Kier molecular flexibility index (Phi) is 7.72. The number of aliphatic carboxylic acids is 1. The number of nitrogens with two attached hydrogens (primary N) is 1. The normalized spacial score (nSPS) is 11.7. The van der Waals surface area contributed by atoms with Crippen LogP contribution in [0.2, 0.25) is 0 Å². The van der Waals surface area contributed by atoms with Crippen LogP contribution in [-0.2, 0) is 20.9 Å². The number of rotatable bonds is 11. The van der Waals surface area contributed by atoms with Crippen molar-refractivity contribution in [1.82, 2.24) is 30.6 Å². The second-order valence-corrected chi connectivity index (χ2v) is 6.33. The van der Waals surface area contributed by atoms with Crippen LogP contribution in [0, 0.1) is 0 Å². The van der Waals surface area contributed by atoms with Crippen LogP contribution in [0.25, 0.3) is 11.2 Å². The number of allylic oxidation sites excluding steroid dienone is 1. The number of carbonyl (C=O) groups excluding carboxylic acids is 2. The summed E-state index contributed by atoms with van der Waals surface area (Å²) in [4.78, 5) is 59.9. The number of anilines is 1. The van der Waals surface area contributed by atoms with E-state index >= 15 is 0 Å². The minimum Gasteiger partial charge on any atom is -0.480 e. The van der Waals surface area contributed by atoms with Crippen molar-refractivity contribution in [2.75, 3.05) is 5.73 Å². The zero-order valence-corrected chi connectivity index (χ0v) is 16.4. The maximum Gasteiger partial charge on any atom is 0.326 e. The van der Waals surface area contributed by atoms with Crippen molar-refractivity contribution in [2.24, 2.45) is 0 Å². The van der Waals surface area contributed by atoms with Gasteiger partial charge >= 0.3 is 5.97 Å². The number of nitrogens with zero attached hydrogens (tertiary/aromatic N) is 3. The molecule has 0 saturated carbocycles. The number of carboxylic acids is 1. The molecule has 12 heteroatoms. The van der Waals surface area contributed by atoms with Crippen molar-refractivity contribution in [2.45, 2.75) is 25.4 Å². The fourth-order valence-electron chi connectivity index (χ4n) is 2.34. The summed E-state index contributed by atoms with van der Waals surface area (Å²) in [7, 11) is 0. The Labute approximate surface area is 176 Å². The summed E-state index contributed by atoms with van der Waals surface area (Å²) < 4.78 is 0. The van der Waals surface area contributed by atoms with Gasteiger partial charge in [-0.3, -0.25) is 14.6 Å². The quantitative estimate of drug-likeness (QED) is 0.178. The summed E-state index contributed by atoms with van der Waals surface area (Å²) >= 11 is 0. The maximum atomic E-state index is 12.1. The molecule has 162 valence electrons. The third kappa shape index (κ3) is 6.59. The molecule has 31 heavy (non-hydrogen) atoms. The summed E-state index contributed by atoms with van der Waals surface area (Å²) in [5, 5.41) is 14.3. The average Bonchev–Trinajstić information content (AvgIpc) is 2.73. The minimum absolute atomic E-state index is 0.000923. The number of fused-ring (bicyclic) bond motifs is 1. The van der Waals surface area contributed by atoms with E-state index in [0.29, 0.717) is 17.7 Å². The smallest absolute Gasteiger partial charge is 0.326 e. The summed E-state index contributed by atoms with van der Waals surface area (Å²) in [5.41, 5.74) is 5.96. The van der Waals surface area contributed by atoms with E-state index < -0.39 is 23.5 Å². The monoisotopic (exact) mass is 427 g/mol. The third-order valence-electron chi connectivity index (χ3n) is 3.94. The first-order valence-corrected chi connectivity index (χ1v) is 8.99. The third-order valence-corrected chi connectivity index (χ3v) is 3.94. The lowest BCUT2D eigenvalue weighted by molar-refractivity contribution is -0.141. The molecule has 2 aromatic rings. The maximum absolute atomic E-state index is 12.1. The number of H-pyrrole nitrogens is 1. The van der Waals surface area contributed by atoms with Crippen molar-refractivity contribution in [3.05, 3.63) is 58.8 Å². The number of aldehydes is 1. The number of nitrogen functional groups attached to an aromatic ring is 1. The molecule has 0 bridgehead atoms. The number of hydrogen-bond acceptors (Lipinski definition) is 9.